The summed E-state index contributed by atoms with van der Waals surface area (Å²) in [5, 5.41) is 9.00. The maximum atomic E-state index is 10.5. The second kappa shape index (κ2) is 5.19. The number of benzene rings is 1. The Morgan fingerprint density at radius 2 is 2.14 bits per heavy atom. The molecule has 3 N–H and O–H groups in total. The Bertz CT molecular complexity index is 345. The fraction of sp³-hybridized carbons (Fsp3) is 0.182. The fourth-order valence-electron chi connectivity index (χ4n) is 1.14. The van der Waals surface area contributed by atoms with Crippen LogP contribution < -0.4 is 5.73 Å². The van der Waals surface area contributed by atoms with Crippen LogP contribution in [-0.2, 0) is 11.4 Å². The molecule has 0 aliphatic rings. The highest BCUT2D eigenvalue weighted by molar-refractivity contribution is 5.76. The topological polar surface area (TPSA) is 63.3 Å². The van der Waals surface area contributed by atoms with E-state index in [1.807, 2.05) is 24.3 Å². The molecule has 3 heteroatoms. The molecule has 0 unspecified atom stereocenters. The largest absolute Gasteiger partial charge is 0.392 e. The van der Waals surface area contributed by atoms with Crippen molar-refractivity contribution in [3.63, 3.8) is 0 Å². The molecule has 0 fully saturated rings. The third-order valence-electron chi connectivity index (χ3n) is 1.84. The zero-order valence-electron chi connectivity index (χ0n) is 7.81. The van der Waals surface area contributed by atoms with E-state index in [1.165, 1.54) is 0 Å². The van der Waals surface area contributed by atoms with E-state index >= 15 is 0 Å². The van der Waals surface area contributed by atoms with Gasteiger partial charge >= 0.3 is 0 Å². The summed E-state index contributed by atoms with van der Waals surface area (Å²) in [5.41, 5.74) is 6.74. The average Bonchev–Trinajstić information content (AvgIpc) is 2.18. The van der Waals surface area contributed by atoms with Crippen molar-refractivity contribution in [1.29, 1.82) is 0 Å². The van der Waals surface area contributed by atoms with Gasteiger partial charge in [-0.05, 0) is 11.1 Å². The lowest BCUT2D eigenvalue weighted by Crippen LogP contribution is -2.07. The summed E-state index contributed by atoms with van der Waals surface area (Å²) < 4.78 is 0. The SMILES string of the molecule is NC(=O)CC=Cc1ccccc1CO. The summed E-state index contributed by atoms with van der Waals surface area (Å²) in [6.45, 7) is -0.00289. The Labute approximate surface area is 82.9 Å². The zero-order chi connectivity index (χ0) is 10.4. The third kappa shape index (κ3) is 3.03. The van der Waals surface area contributed by atoms with Crippen molar-refractivity contribution >= 4 is 12.0 Å². The normalized spacial score (nSPS) is 10.6. The minimum absolute atomic E-state index is 0.00289. The first-order valence-electron chi connectivity index (χ1n) is 4.37. The van der Waals surface area contributed by atoms with Crippen molar-refractivity contribution in [2.24, 2.45) is 5.73 Å². The van der Waals surface area contributed by atoms with Crippen LogP contribution in [0.3, 0.4) is 0 Å². The number of carbonyl (C=O) groups is 1. The molecule has 0 aromatic heterocycles. The standard InChI is InChI=1S/C11H13NO2/c12-11(14)7-3-6-9-4-1-2-5-10(9)8-13/h1-6,13H,7-8H2,(H2,12,14). The number of aliphatic hydroxyl groups is 1. The number of nitrogens with two attached hydrogens (primary N) is 1. The first kappa shape index (κ1) is 10.5. The van der Waals surface area contributed by atoms with E-state index in [2.05, 4.69) is 0 Å². The molecule has 0 heterocycles. The van der Waals surface area contributed by atoms with E-state index in [0.717, 1.165) is 11.1 Å². The molecular weight excluding hydrogens is 178 g/mol. The number of carbonyl (C=O) groups excluding carboxylic acids is 1. The van der Waals surface area contributed by atoms with Crippen LogP contribution in [0.15, 0.2) is 30.3 Å². The van der Waals surface area contributed by atoms with Gasteiger partial charge in [-0.3, -0.25) is 4.79 Å². The van der Waals surface area contributed by atoms with Crippen LogP contribution in [0.4, 0.5) is 0 Å². The van der Waals surface area contributed by atoms with Gasteiger partial charge in [-0.15, -0.1) is 0 Å². The highest BCUT2D eigenvalue weighted by atomic mass is 16.3. The highest BCUT2D eigenvalue weighted by Crippen LogP contribution is 2.10. The minimum Gasteiger partial charge on any atom is -0.392 e. The first-order chi connectivity index (χ1) is 6.74. The molecule has 0 aliphatic carbocycles. The van der Waals surface area contributed by atoms with Gasteiger partial charge < -0.3 is 10.8 Å². The monoisotopic (exact) mass is 191 g/mol. The molecule has 1 aromatic rings. The predicted molar refractivity (Wildman–Crippen MR) is 55.2 cm³/mol. The maximum Gasteiger partial charge on any atom is 0.221 e. The van der Waals surface area contributed by atoms with Gasteiger partial charge in [-0.2, -0.15) is 0 Å². The molecular formula is C11H13NO2. The lowest BCUT2D eigenvalue weighted by molar-refractivity contribution is -0.117. The van der Waals surface area contributed by atoms with Crippen molar-refractivity contribution in [3.05, 3.63) is 41.5 Å². The summed E-state index contributed by atoms with van der Waals surface area (Å²) >= 11 is 0. The maximum absolute atomic E-state index is 10.5. The number of hydrogen-bond acceptors (Lipinski definition) is 2. The van der Waals surface area contributed by atoms with E-state index in [1.54, 1.807) is 12.2 Å². The number of aliphatic hydroxyl groups excluding tert-OH is 1. The van der Waals surface area contributed by atoms with E-state index in [-0.39, 0.29) is 18.9 Å². The van der Waals surface area contributed by atoms with Crippen LogP contribution in [-0.4, -0.2) is 11.0 Å². The van der Waals surface area contributed by atoms with E-state index in [0.29, 0.717) is 0 Å². The molecule has 0 spiro atoms. The second-order valence-electron chi connectivity index (χ2n) is 2.93. The molecule has 74 valence electrons. The van der Waals surface area contributed by atoms with Gasteiger partial charge in [0.05, 0.1) is 6.61 Å². The van der Waals surface area contributed by atoms with Crippen molar-refractivity contribution in [1.82, 2.24) is 0 Å². The summed E-state index contributed by atoms with van der Waals surface area (Å²) in [6.07, 6.45) is 3.70. The summed E-state index contributed by atoms with van der Waals surface area (Å²) in [6, 6.07) is 7.45. The Morgan fingerprint density at radius 1 is 1.43 bits per heavy atom. The van der Waals surface area contributed by atoms with Crippen LogP contribution in [0.2, 0.25) is 0 Å². The van der Waals surface area contributed by atoms with Crippen molar-refractivity contribution in [3.8, 4) is 0 Å². The van der Waals surface area contributed by atoms with Crippen LogP contribution in [0.1, 0.15) is 17.5 Å². The van der Waals surface area contributed by atoms with Crippen molar-refractivity contribution in [2.45, 2.75) is 13.0 Å². The molecule has 0 saturated heterocycles. The molecule has 1 aromatic carbocycles. The van der Waals surface area contributed by atoms with Crippen LogP contribution in [0, 0.1) is 0 Å². The van der Waals surface area contributed by atoms with E-state index in [9.17, 15) is 4.79 Å². The second-order valence-corrected chi connectivity index (χ2v) is 2.93. The minimum atomic E-state index is -0.359. The molecule has 1 amide bonds. The van der Waals surface area contributed by atoms with Crippen LogP contribution >= 0.6 is 0 Å². The Morgan fingerprint density at radius 3 is 2.79 bits per heavy atom. The Balaban J connectivity index is 2.75. The van der Waals surface area contributed by atoms with Gasteiger partial charge in [0, 0.05) is 6.42 Å². The molecule has 14 heavy (non-hydrogen) atoms. The average molecular weight is 191 g/mol. The summed E-state index contributed by atoms with van der Waals surface area (Å²) in [4.78, 5) is 10.5. The van der Waals surface area contributed by atoms with Gasteiger partial charge in [0.25, 0.3) is 0 Å². The van der Waals surface area contributed by atoms with Gasteiger partial charge in [0.2, 0.25) is 5.91 Å². The van der Waals surface area contributed by atoms with Crippen LogP contribution in [0.25, 0.3) is 6.08 Å². The zero-order valence-corrected chi connectivity index (χ0v) is 7.81. The third-order valence-corrected chi connectivity index (χ3v) is 1.84. The number of rotatable bonds is 4. The van der Waals surface area contributed by atoms with Gasteiger partial charge in [0.1, 0.15) is 0 Å². The number of hydrogen-bond donors (Lipinski definition) is 2. The van der Waals surface area contributed by atoms with Crippen molar-refractivity contribution < 1.29 is 9.90 Å². The summed E-state index contributed by atoms with van der Waals surface area (Å²) in [7, 11) is 0. The molecule has 1 rings (SSSR count). The fourth-order valence-corrected chi connectivity index (χ4v) is 1.14. The van der Waals surface area contributed by atoms with Gasteiger partial charge in [-0.25, -0.2) is 0 Å². The van der Waals surface area contributed by atoms with Crippen molar-refractivity contribution in [2.75, 3.05) is 0 Å². The smallest absolute Gasteiger partial charge is 0.221 e. The number of amides is 1. The van der Waals surface area contributed by atoms with E-state index in [4.69, 9.17) is 10.8 Å². The molecule has 3 nitrogen and oxygen atoms in total. The lowest BCUT2D eigenvalue weighted by atomic mass is 10.1. The lowest BCUT2D eigenvalue weighted by Gasteiger charge is -2.00. The molecule has 0 aliphatic heterocycles. The Kier molecular flexibility index (Phi) is 3.88. The first-order valence-corrected chi connectivity index (χ1v) is 4.37. The summed E-state index contributed by atoms with van der Waals surface area (Å²) in [5.74, 6) is -0.359. The molecule has 0 atom stereocenters. The van der Waals surface area contributed by atoms with Gasteiger partial charge in [0.15, 0.2) is 0 Å². The van der Waals surface area contributed by atoms with Crippen LogP contribution in [0.5, 0.6) is 0 Å². The van der Waals surface area contributed by atoms with Gasteiger partial charge in [-0.1, -0.05) is 36.4 Å². The quantitative estimate of drug-likeness (QED) is 0.747. The molecule has 0 bridgehead atoms. The van der Waals surface area contributed by atoms with E-state index < -0.39 is 0 Å². The molecule has 0 radical (unpaired) electrons. The predicted octanol–water partition coefficient (Wildman–Crippen LogP) is 1.07. The number of primary amides is 1. The Hall–Kier alpha value is -1.61. The highest BCUT2D eigenvalue weighted by Gasteiger charge is 1.95. The molecule has 0 saturated carbocycles.